The number of nitrogens with zero attached hydrogens (tertiary/aromatic N) is 3. The Morgan fingerprint density at radius 1 is 1.19 bits per heavy atom. The normalized spacial score (nSPS) is 10.7. The van der Waals surface area contributed by atoms with E-state index in [1.807, 2.05) is 19.9 Å². The molecule has 2 aromatic rings. The highest BCUT2D eigenvalue weighted by Gasteiger charge is 2.14. The first-order valence-corrected chi connectivity index (χ1v) is 8.86. The molecular weight excluding hydrogens is 377 g/mol. The molecule has 0 saturated heterocycles. The van der Waals surface area contributed by atoms with Gasteiger partial charge in [0.1, 0.15) is 0 Å². The second-order valence-corrected chi connectivity index (χ2v) is 6.87. The first kappa shape index (κ1) is 20.3. The standard InChI is InChI=1S/C18H21Cl2N3O3/c1-12-8-13(2)23(21-12)7-6-18(25)26-11-17(24)22(3)10-14-4-5-15(19)16(20)9-14/h4-5,8-9H,6-7,10-11H2,1-3H3. The second-order valence-electron chi connectivity index (χ2n) is 6.06. The quantitative estimate of drug-likeness (QED) is 0.671. The molecule has 2 rings (SSSR count). The highest BCUT2D eigenvalue weighted by molar-refractivity contribution is 6.42. The highest BCUT2D eigenvalue weighted by Crippen LogP contribution is 2.23. The molecular formula is C18H21Cl2N3O3. The zero-order valence-corrected chi connectivity index (χ0v) is 16.5. The van der Waals surface area contributed by atoms with E-state index < -0.39 is 5.97 Å². The van der Waals surface area contributed by atoms with Crippen molar-refractivity contribution in [3.8, 4) is 0 Å². The molecule has 0 spiro atoms. The fraction of sp³-hybridized carbons (Fsp3) is 0.389. The maximum atomic E-state index is 12.1. The first-order valence-electron chi connectivity index (χ1n) is 8.11. The fourth-order valence-electron chi connectivity index (χ4n) is 2.42. The van der Waals surface area contributed by atoms with Crippen molar-refractivity contribution in [1.82, 2.24) is 14.7 Å². The third-order valence-corrected chi connectivity index (χ3v) is 4.56. The molecule has 0 unspecified atom stereocenters. The van der Waals surface area contributed by atoms with E-state index in [0.717, 1.165) is 17.0 Å². The van der Waals surface area contributed by atoms with Crippen LogP contribution in [0.3, 0.4) is 0 Å². The van der Waals surface area contributed by atoms with Gasteiger partial charge in [0, 0.05) is 19.3 Å². The summed E-state index contributed by atoms with van der Waals surface area (Å²) in [7, 11) is 1.63. The third kappa shape index (κ3) is 5.75. The Morgan fingerprint density at radius 3 is 2.54 bits per heavy atom. The van der Waals surface area contributed by atoms with Gasteiger partial charge in [-0.3, -0.25) is 14.3 Å². The van der Waals surface area contributed by atoms with E-state index in [-0.39, 0.29) is 18.9 Å². The molecule has 6 nitrogen and oxygen atoms in total. The molecule has 8 heteroatoms. The molecule has 1 amide bonds. The van der Waals surface area contributed by atoms with Crippen LogP contribution >= 0.6 is 23.2 Å². The van der Waals surface area contributed by atoms with Gasteiger partial charge >= 0.3 is 5.97 Å². The zero-order valence-electron chi connectivity index (χ0n) is 15.0. The monoisotopic (exact) mass is 397 g/mol. The average Bonchev–Trinajstić information content (AvgIpc) is 2.91. The lowest BCUT2D eigenvalue weighted by atomic mass is 10.2. The number of ether oxygens (including phenoxy) is 1. The van der Waals surface area contributed by atoms with Crippen LogP contribution in [0.4, 0.5) is 0 Å². The van der Waals surface area contributed by atoms with Gasteiger partial charge < -0.3 is 9.64 Å². The maximum Gasteiger partial charge on any atom is 0.308 e. The number of halogens is 2. The molecule has 0 aliphatic rings. The third-order valence-electron chi connectivity index (χ3n) is 3.82. The van der Waals surface area contributed by atoms with Crippen molar-refractivity contribution in [2.75, 3.05) is 13.7 Å². The number of aromatic nitrogens is 2. The van der Waals surface area contributed by atoms with Gasteiger partial charge in [0.15, 0.2) is 6.61 Å². The van der Waals surface area contributed by atoms with Gasteiger partial charge in [0.25, 0.3) is 5.91 Å². The van der Waals surface area contributed by atoms with Crippen LogP contribution in [0.2, 0.25) is 10.0 Å². The molecule has 0 atom stereocenters. The molecule has 0 radical (unpaired) electrons. The van der Waals surface area contributed by atoms with Crippen LogP contribution in [0.15, 0.2) is 24.3 Å². The number of rotatable bonds is 7. The van der Waals surface area contributed by atoms with Crippen molar-refractivity contribution in [3.05, 3.63) is 51.3 Å². The summed E-state index contributed by atoms with van der Waals surface area (Å²) in [5.41, 5.74) is 2.72. The smallest absolute Gasteiger partial charge is 0.308 e. The molecule has 1 aromatic carbocycles. The van der Waals surface area contributed by atoms with E-state index in [1.165, 1.54) is 4.90 Å². The van der Waals surface area contributed by atoms with Crippen molar-refractivity contribution in [2.45, 2.75) is 33.4 Å². The Bertz CT molecular complexity index is 805. The van der Waals surface area contributed by atoms with Crippen molar-refractivity contribution in [2.24, 2.45) is 0 Å². The molecule has 1 heterocycles. The maximum absolute atomic E-state index is 12.1. The van der Waals surface area contributed by atoms with Gasteiger partial charge in [-0.05, 0) is 37.6 Å². The number of carbonyl (C=O) groups excluding carboxylic acids is 2. The van der Waals surface area contributed by atoms with E-state index in [2.05, 4.69) is 5.10 Å². The summed E-state index contributed by atoms with van der Waals surface area (Å²) in [6.07, 6.45) is 0.158. The number of benzene rings is 1. The van der Waals surface area contributed by atoms with Crippen molar-refractivity contribution < 1.29 is 14.3 Å². The zero-order chi connectivity index (χ0) is 19.3. The van der Waals surface area contributed by atoms with Gasteiger partial charge in [0.2, 0.25) is 0 Å². The molecule has 0 saturated carbocycles. The Labute approximate surface area is 162 Å². The minimum Gasteiger partial charge on any atom is -0.456 e. The minimum atomic E-state index is -0.436. The molecule has 0 aliphatic carbocycles. The highest BCUT2D eigenvalue weighted by atomic mass is 35.5. The van der Waals surface area contributed by atoms with Crippen LogP contribution in [-0.4, -0.2) is 40.2 Å². The summed E-state index contributed by atoms with van der Waals surface area (Å²) in [6.45, 7) is 4.29. The van der Waals surface area contributed by atoms with Gasteiger partial charge in [-0.15, -0.1) is 0 Å². The van der Waals surface area contributed by atoms with E-state index >= 15 is 0 Å². The Balaban J connectivity index is 1.76. The number of amides is 1. The van der Waals surface area contributed by atoms with E-state index in [9.17, 15) is 9.59 Å². The Kier molecular flexibility index (Phi) is 7.06. The summed E-state index contributed by atoms with van der Waals surface area (Å²) >= 11 is 11.8. The largest absolute Gasteiger partial charge is 0.456 e. The summed E-state index contributed by atoms with van der Waals surface area (Å²) in [4.78, 5) is 25.4. The topological polar surface area (TPSA) is 64.4 Å². The summed E-state index contributed by atoms with van der Waals surface area (Å²) < 4.78 is 6.80. The number of carbonyl (C=O) groups is 2. The lowest BCUT2D eigenvalue weighted by Gasteiger charge is -2.17. The van der Waals surface area contributed by atoms with Crippen molar-refractivity contribution >= 4 is 35.1 Å². The van der Waals surface area contributed by atoms with E-state index in [1.54, 1.807) is 29.9 Å². The molecule has 0 bridgehead atoms. The predicted octanol–water partition coefficient (Wildman–Crippen LogP) is 3.40. The van der Waals surface area contributed by atoms with Crippen LogP contribution in [0.5, 0.6) is 0 Å². The lowest BCUT2D eigenvalue weighted by Crippen LogP contribution is -2.31. The SMILES string of the molecule is Cc1cc(C)n(CCC(=O)OCC(=O)N(C)Cc2ccc(Cl)c(Cl)c2)n1. The number of esters is 1. The Hall–Kier alpha value is -2.05. The predicted molar refractivity (Wildman–Crippen MR) is 100 cm³/mol. The molecule has 0 N–H and O–H groups in total. The average molecular weight is 398 g/mol. The van der Waals surface area contributed by atoms with E-state index in [0.29, 0.717) is 23.1 Å². The number of likely N-dealkylation sites (N-methyl/N-ethyl adjacent to an activating group) is 1. The first-order chi connectivity index (χ1) is 12.3. The van der Waals surface area contributed by atoms with Crippen LogP contribution in [0.25, 0.3) is 0 Å². The van der Waals surface area contributed by atoms with Gasteiger partial charge in [-0.25, -0.2) is 0 Å². The van der Waals surface area contributed by atoms with Crippen LogP contribution < -0.4 is 0 Å². The van der Waals surface area contributed by atoms with Gasteiger partial charge in [-0.1, -0.05) is 29.3 Å². The van der Waals surface area contributed by atoms with Crippen molar-refractivity contribution in [3.63, 3.8) is 0 Å². The van der Waals surface area contributed by atoms with Crippen molar-refractivity contribution in [1.29, 1.82) is 0 Å². The molecule has 26 heavy (non-hydrogen) atoms. The number of aryl methyl sites for hydroxylation is 3. The summed E-state index contributed by atoms with van der Waals surface area (Å²) in [6, 6.07) is 7.11. The number of hydrogen-bond donors (Lipinski definition) is 0. The molecule has 1 aromatic heterocycles. The number of hydrogen-bond acceptors (Lipinski definition) is 4. The minimum absolute atomic E-state index is 0.158. The van der Waals surface area contributed by atoms with Crippen LogP contribution in [0.1, 0.15) is 23.4 Å². The van der Waals surface area contributed by atoms with Gasteiger partial charge in [-0.2, -0.15) is 5.10 Å². The lowest BCUT2D eigenvalue weighted by molar-refractivity contribution is -0.151. The Morgan fingerprint density at radius 2 is 1.92 bits per heavy atom. The summed E-state index contributed by atoms with van der Waals surface area (Å²) in [5, 5.41) is 5.17. The molecule has 0 aliphatic heterocycles. The molecule has 140 valence electrons. The van der Waals surface area contributed by atoms with Crippen LogP contribution in [0, 0.1) is 13.8 Å². The van der Waals surface area contributed by atoms with E-state index in [4.69, 9.17) is 27.9 Å². The molecule has 0 fully saturated rings. The van der Waals surface area contributed by atoms with Gasteiger partial charge in [0.05, 0.1) is 28.7 Å². The summed E-state index contributed by atoms with van der Waals surface area (Å²) in [5.74, 6) is -0.732. The fourth-order valence-corrected chi connectivity index (χ4v) is 2.74. The second kappa shape index (κ2) is 9.05. The van der Waals surface area contributed by atoms with Crippen LogP contribution in [-0.2, 0) is 27.4 Å².